The van der Waals surface area contributed by atoms with Gasteiger partial charge in [0.1, 0.15) is 0 Å². The molecule has 2 aromatic rings. The molecule has 0 spiro atoms. The average Bonchev–Trinajstić information content (AvgIpc) is 3.06. The largest absolute Gasteiger partial charge is 0.493 e. The van der Waals surface area contributed by atoms with Gasteiger partial charge in [-0.25, -0.2) is 0 Å². The molecule has 1 aromatic carbocycles. The molecule has 5 nitrogen and oxygen atoms in total. The first kappa shape index (κ1) is 19.1. The van der Waals surface area contributed by atoms with E-state index in [0.29, 0.717) is 6.54 Å². The molecule has 8 heteroatoms. The van der Waals surface area contributed by atoms with Gasteiger partial charge in [0, 0.05) is 13.1 Å². The van der Waals surface area contributed by atoms with E-state index in [9.17, 15) is 13.6 Å². The molecule has 1 amide bonds. The van der Waals surface area contributed by atoms with Crippen molar-refractivity contribution in [2.45, 2.75) is 19.7 Å². The number of halogens is 2. The number of carbonyl (C=O) groups is 1. The summed E-state index contributed by atoms with van der Waals surface area (Å²) in [6.45, 7) is -1.68. The monoisotopic (exact) mass is 370 g/mol. The maximum atomic E-state index is 12.3. The predicted molar refractivity (Wildman–Crippen MR) is 92.1 cm³/mol. The molecule has 0 radical (unpaired) electrons. The van der Waals surface area contributed by atoms with E-state index in [-0.39, 0.29) is 30.5 Å². The van der Waals surface area contributed by atoms with Gasteiger partial charge in [-0.15, -0.1) is 0 Å². The molecule has 136 valence electrons. The number of nitrogens with one attached hydrogen (secondary N) is 1. The van der Waals surface area contributed by atoms with Gasteiger partial charge in [-0.3, -0.25) is 9.69 Å². The van der Waals surface area contributed by atoms with E-state index in [0.717, 1.165) is 5.56 Å². The number of alkyl halides is 2. The smallest absolute Gasteiger partial charge is 0.387 e. The van der Waals surface area contributed by atoms with Crippen molar-refractivity contribution in [3.05, 3.63) is 46.2 Å². The molecule has 1 heterocycles. The first-order valence-electron chi connectivity index (χ1n) is 7.56. The highest BCUT2D eigenvalue weighted by Gasteiger charge is 2.12. The third-order valence-electron chi connectivity index (χ3n) is 3.38. The molecule has 0 fully saturated rings. The van der Waals surface area contributed by atoms with Gasteiger partial charge in [-0.1, -0.05) is 6.07 Å². The summed E-state index contributed by atoms with van der Waals surface area (Å²) in [7, 11) is 3.24. The Morgan fingerprint density at radius 3 is 2.72 bits per heavy atom. The number of thiophene rings is 1. The minimum absolute atomic E-state index is 0.0388. The highest BCUT2D eigenvalue weighted by Crippen LogP contribution is 2.29. The van der Waals surface area contributed by atoms with Gasteiger partial charge >= 0.3 is 6.61 Å². The molecule has 25 heavy (non-hydrogen) atoms. The van der Waals surface area contributed by atoms with Gasteiger partial charge in [-0.2, -0.15) is 20.1 Å². The first-order valence-corrected chi connectivity index (χ1v) is 8.50. The molecule has 1 aromatic heterocycles. The van der Waals surface area contributed by atoms with Gasteiger partial charge in [0.2, 0.25) is 5.91 Å². The lowest BCUT2D eigenvalue weighted by molar-refractivity contribution is -0.122. The summed E-state index contributed by atoms with van der Waals surface area (Å²) < 4.78 is 34.0. The van der Waals surface area contributed by atoms with E-state index in [1.54, 1.807) is 23.5 Å². The maximum absolute atomic E-state index is 12.3. The number of amides is 1. The fourth-order valence-electron chi connectivity index (χ4n) is 2.27. The lowest BCUT2D eigenvalue weighted by atomic mass is 10.2. The molecular weight excluding hydrogens is 350 g/mol. The van der Waals surface area contributed by atoms with Crippen LogP contribution in [0.3, 0.4) is 0 Å². The Morgan fingerprint density at radius 1 is 1.28 bits per heavy atom. The summed E-state index contributed by atoms with van der Waals surface area (Å²) in [5, 5.41) is 6.84. The Balaban J connectivity index is 1.84. The number of carbonyl (C=O) groups excluding carboxylic acids is 1. The zero-order chi connectivity index (χ0) is 18.2. The van der Waals surface area contributed by atoms with Gasteiger partial charge in [0.05, 0.1) is 13.7 Å². The summed E-state index contributed by atoms with van der Waals surface area (Å²) >= 11 is 1.62. The van der Waals surface area contributed by atoms with E-state index in [1.165, 1.54) is 18.7 Å². The second-order valence-corrected chi connectivity index (χ2v) is 6.22. The number of hydrogen-bond donors (Lipinski definition) is 1. The number of methoxy groups -OCH3 is 1. The normalized spacial score (nSPS) is 11.0. The highest BCUT2D eigenvalue weighted by atomic mass is 32.1. The van der Waals surface area contributed by atoms with Crippen molar-refractivity contribution in [3.8, 4) is 11.5 Å². The molecule has 0 bridgehead atoms. The van der Waals surface area contributed by atoms with Crippen LogP contribution in [0.15, 0.2) is 35.0 Å². The number of ether oxygens (including phenoxy) is 2. The Bertz CT molecular complexity index is 681. The SMILES string of the molecule is COc1cc(CNC(=O)CN(C)Cc2ccsc2)ccc1OC(F)F. The minimum atomic E-state index is -2.92. The summed E-state index contributed by atoms with van der Waals surface area (Å²) in [6.07, 6.45) is 0. The Labute approximate surface area is 149 Å². The second-order valence-electron chi connectivity index (χ2n) is 5.44. The molecule has 0 saturated carbocycles. The van der Waals surface area contributed by atoms with Gasteiger partial charge in [-0.05, 0) is 47.1 Å². The van der Waals surface area contributed by atoms with Crippen LogP contribution in [0.4, 0.5) is 8.78 Å². The van der Waals surface area contributed by atoms with Crippen LogP contribution in [0.1, 0.15) is 11.1 Å². The third-order valence-corrected chi connectivity index (χ3v) is 4.11. The Morgan fingerprint density at radius 2 is 2.08 bits per heavy atom. The number of nitrogens with zero attached hydrogens (tertiary/aromatic N) is 1. The van der Waals surface area contributed by atoms with Crippen molar-refractivity contribution in [3.63, 3.8) is 0 Å². The standard InChI is InChI=1S/C17H20F2N2O3S/c1-21(9-13-5-6-25-11-13)10-16(22)20-8-12-3-4-14(24-17(18)19)15(7-12)23-2/h3-7,11,17H,8-10H2,1-2H3,(H,20,22). The van der Waals surface area contributed by atoms with E-state index in [2.05, 4.69) is 10.1 Å². The van der Waals surface area contributed by atoms with Crippen LogP contribution in [-0.4, -0.2) is 38.1 Å². The van der Waals surface area contributed by atoms with Crippen LogP contribution in [0.5, 0.6) is 11.5 Å². The molecule has 0 unspecified atom stereocenters. The molecule has 0 aliphatic carbocycles. The van der Waals surface area contributed by atoms with Crippen LogP contribution < -0.4 is 14.8 Å². The van der Waals surface area contributed by atoms with Gasteiger partial charge < -0.3 is 14.8 Å². The molecular formula is C17H20F2N2O3S. The summed E-state index contributed by atoms with van der Waals surface area (Å²) in [6, 6.07) is 6.59. The van der Waals surface area contributed by atoms with Crippen molar-refractivity contribution in [1.82, 2.24) is 10.2 Å². The van der Waals surface area contributed by atoms with E-state index in [1.807, 2.05) is 28.8 Å². The third kappa shape index (κ3) is 6.32. The van der Waals surface area contributed by atoms with E-state index in [4.69, 9.17) is 4.74 Å². The topological polar surface area (TPSA) is 50.8 Å². The zero-order valence-corrected chi connectivity index (χ0v) is 14.8. The number of likely N-dealkylation sites (N-methyl/N-ethyl adjacent to an activating group) is 1. The number of hydrogen-bond acceptors (Lipinski definition) is 5. The number of rotatable bonds is 9. The summed E-state index contributed by atoms with van der Waals surface area (Å²) in [5.74, 6) is 0.0364. The maximum Gasteiger partial charge on any atom is 0.387 e. The van der Waals surface area contributed by atoms with Crippen molar-refractivity contribution in [1.29, 1.82) is 0 Å². The lowest BCUT2D eigenvalue weighted by Crippen LogP contribution is -2.34. The van der Waals surface area contributed by atoms with E-state index >= 15 is 0 Å². The summed E-state index contributed by atoms with van der Waals surface area (Å²) in [4.78, 5) is 13.9. The Hall–Kier alpha value is -2.19. The van der Waals surface area contributed by atoms with Crippen LogP contribution in [0.2, 0.25) is 0 Å². The van der Waals surface area contributed by atoms with E-state index < -0.39 is 6.61 Å². The molecule has 1 N–H and O–H groups in total. The molecule has 0 atom stereocenters. The fraction of sp³-hybridized carbons (Fsp3) is 0.353. The summed E-state index contributed by atoms with van der Waals surface area (Å²) in [5.41, 5.74) is 1.90. The van der Waals surface area contributed by atoms with Crippen molar-refractivity contribution < 1.29 is 23.0 Å². The zero-order valence-electron chi connectivity index (χ0n) is 14.0. The van der Waals surface area contributed by atoms with Crippen LogP contribution in [0.25, 0.3) is 0 Å². The molecule has 0 saturated heterocycles. The highest BCUT2D eigenvalue weighted by molar-refractivity contribution is 7.07. The van der Waals surface area contributed by atoms with Gasteiger partial charge in [0.15, 0.2) is 11.5 Å². The predicted octanol–water partition coefficient (Wildman–Crippen LogP) is 3.11. The molecule has 2 rings (SSSR count). The quantitative estimate of drug-likeness (QED) is 0.737. The first-order chi connectivity index (χ1) is 12.0. The second kappa shape index (κ2) is 9.33. The Kier molecular flexibility index (Phi) is 7.15. The minimum Gasteiger partial charge on any atom is -0.493 e. The average molecular weight is 370 g/mol. The number of benzene rings is 1. The molecule has 0 aliphatic heterocycles. The van der Waals surface area contributed by atoms with Crippen molar-refractivity contribution in [2.24, 2.45) is 0 Å². The van der Waals surface area contributed by atoms with Gasteiger partial charge in [0.25, 0.3) is 0 Å². The van der Waals surface area contributed by atoms with Crippen LogP contribution in [0, 0.1) is 0 Å². The van der Waals surface area contributed by atoms with Crippen molar-refractivity contribution >= 4 is 17.2 Å². The van der Waals surface area contributed by atoms with Crippen molar-refractivity contribution in [2.75, 3.05) is 20.7 Å². The fourth-order valence-corrected chi connectivity index (χ4v) is 2.93. The molecule has 0 aliphatic rings. The van der Waals surface area contributed by atoms with Crippen LogP contribution >= 0.6 is 11.3 Å². The van der Waals surface area contributed by atoms with Crippen LogP contribution in [-0.2, 0) is 17.9 Å². The lowest BCUT2D eigenvalue weighted by Gasteiger charge is -2.16.